The van der Waals surface area contributed by atoms with Crippen molar-refractivity contribution in [3.8, 4) is 33.7 Å². The second-order valence-corrected chi connectivity index (χ2v) is 8.89. The normalized spacial score (nSPS) is 11.2. The first-order valence-electron chi connectivity index (χ1n) is 12.0. The first kappa shape index (κ1) is 22.6. The first-order chi connectivity index (χ1) is 18.1. The summed E-state index contributed by atoms with van der Waals surface area (Å²) in [6.45, 7) is 0. The summed E-state index contributed by atoms with van der Waals surface area (Å²) in [7, 11) is 3.44. The van der Waals surface area contributed by atoms with E-state index in [0.29, 0.717) is 27.9 Å². The number of carbonyl (C=O) groups is 1. The fraction of sp³-hybridized carbons (Fsp3) is 0.0645. The van der Waals surface area contributed by atoms with E-state index in [1.54, 1.807) is 19.2 Å². The number of carbonyl (C=O) groups excluding carboxylic acids is 1. The lowest BCUT2D eigenvalue weighted by Crippen LogP contribution is -2.18. The van der Waals surface area contributed by atoms with Gasteiger partial charge in [0.25, 0.3) is 5.91 Å². The quantitative estimate of drug-likeness (QED) is 0.235. The van der Waals surface area contributed by atoms with Gasteiger partial charge in [-0.2, -0.15) is 0 Å². The van der Waals surface area contributed by atoms with Crippen LogP contribution in [0, 0.1) is 5.82 Å². The molecule has 0 radical (unpaired) electrons. The predicted octanol–water partition coefficient (Wildman–Crippen LogP) is 7.46. The number of amides is 1. The number of aromatic amines is 1. The Morgan fingerprint density at radius 2 is 1.62 bits per heavy atom. The highest BCUT2D eigenvalue weighted by atomic mass is 19.1. The largest absolute Gasteiger partial charge is 0.455 e. The molecule has 6 rings (SSSR count). The number of anilines is 1. The molecule has 0 fully saturated rings. The van der Waals surface area contributed by atoms with Crippen molar-refractivity contribution in [1.82, 2.24) is 10.3 Å². The van der Waals surface area contributed by atoms with Crippen molar-refractivity contribution < 1.29 is 13.6 Å². The Labute approximate surface area is 212 Å². The van der Waals surface area contributed by atoms with Gasteiger partial charge in [0, 0.05) is 59.0 Å². The van der Waals surface area contributed by atoms with Crippen LogP contribution >= 0.6 is 0 Å². The lowest BCUT2D eigenvalue weighted by Gasteiger charge is -2.11. The van der Waals surface area contributed by atoms with Gasteiger partial charge in [0.1, 0.15) is 17.2 Å². The zero-order valence-electron chi connectivity index (χ0n) is 20.4. The van der Waals surface area contributed by atoms with Crippen molar-refractivity contribution in [3.63, 3.8) is 0 Å². The van der Waals surface area contributed by atoms with Gasteiger partial charge < -0.3 is 20.0 Å². The Morgan fingerprint density at radius 1 is 0.838 bits per heavy atom. The molecular formula is C31H24FN3O2. The topological polar surface area (TPSA) is 70.1 Å². The van der Waals surface area contributed by atoms with E-state index in [-0.39, 0.29) is 11.7 Å². The number of hydrogen-bond acceptors (Lipinski definition) is 3. The van der Waals surface area contributed by atoms with Gasteiger partial charge in [-0.3, -0.25) is 4.79 Å². The van der Waals surface area contributed by atoms with Gasteiger partial charge in [-0.05, 0) is 59.7 Å². The molecule has 0 aliphatic rings. The van der Waals surface area contributed by atoms with Gasteiger partial charge in [-0.25, -0.2) is 4.39 Å². The average Bonchev–Trinajstić information content (AvgIpc) is 3.54. The molecule has 1 amide bonds. The Kier molecular flexibility index (Phi) is 5.49. The summed E-state index contributed by atoms with van der Waals surface area (Å²) in [6.07, 6.45) is 0. The number of benzene rings is 4. The van der Waals surface area contributed by atoms with Crippen LogP contribution in [0.1, 0.15) is 10.4 Å². The summed E-state index contributed by atoms with van der Waals surface area (Å²) in [5, 5.41) is 7.83. The van der Waals surface area contributed by atoms with Crippen LogP contribution < -0.4 is 10.6 Å². The molecule has 2 heterocycles. The molecule has 0 aliphatic heterocycles. The van der Waals surface area contributed by atoms with Crippen molar-refractivity contribution in [2.75, 3.05) is 19.4 Å². The molecule has 0 spiro atoms. The van der Waals surface area contributed by atoms with E-state index < -0.39 is 0 Å². The molecular weight excluding hydrogens is 465 g/mol. The van der Waals surface area contributed by atoms with Crippen LogP contribution in [0.25, 0.3) is 55.6 Å². The molecule has 6 aromatic rings. The SMILES string of the molecule is CNC(=O)c1c(-c2ccc(F)cc2)oc2cc(NC)c(-c3cccc(-c4cc5ccccc5[nH]4)c3)cc12. The molecule has 6 heteroatoms. The third-order valence-corrected chi connectivity index (χ3v) is 6.67. The minimum atomic E-state index is -0.351. The van der Waals surface area contributed by atoms with Gasteiger partial charge in [0.15, 0.2) is 0 Å². The second kappa shape index (κ2) is 8.99. The van der Waals surface area contributed by atoms with E-state index in [2.05, 4.69) is 52.0 Å². The minimum absolute atomic E-state index is 0.270. The molecule has 4 aromatic carbocycles. The molecule has 182 valence electrons. The molecule has 0 bridgehead atoms. The van der Waals surface area contributed by atoms with Gasteiger partial charge >= 0.3 is 0 Å². The molecule has 0 saturated heterocycles. The molecule has 3 N–H and O–H groups in total. The van der Waals surface area contributed by atoms with Crippen LogP contribution in [0.4, 0.5) is 10.1 Å². The van der Waals surface area contributed by atoms with Crippen LogP contribution in [0.5, 0.6) is 0 Å². The number of hydrogen-bond donors (Lipinski definition) is 3. The Bertz CT molecular complexity index is 1750. The number of halogens is 1. The summed E-state index contributed by atoms with van der Waals surface area (Å²) < 4.78 is 19.7. The van der Waals surface area contributed by atoms with E-state index in [1.807, 2.05) is 37.4 Å². The van der Waals surface area contributed by atoms with Gasteiger partial charge in [-0.15, -0.1) is 0 Å². The van der Waals surface area contributed by atoms with E-state index in [1.165, 1.54) is 12.1 Å². The molecule has 0 atom stereocenters. The molecule has 5 nitrogen and oxygen atoms in total. The fourth-order valence-corrected chi connectivity index (χ4v) is 4.83. The summed E-state index contributed by atoms with van der Waals surface area (Å²) in [5.41, 5.74) is 7.58. The zero-order chi connectivity index (χ0) is 25.5. The van der Waals surface area contributed by atoms with E-state index in [0.717, 1.165) is 39.0 Å². The number of fused-ring (bicyclic) bond motifs is 2. The highest BCUT2D eigenvalue weighted by molar-refractivity contribution is 6.12. The lowest BCUT2D eigenvalue weighted by atomic mass is 9.97. The number of aromatic nitrogens is 1. The zero-order valence-corrected chi connectivity index (χ0v) is 20.4. The van der Waals surface area contributed by atoms with Gasteiger partial charge in [0.05, 0.1) is 5.56 Å². The Balaban J connectivity index is 1.53. The number of nitrogens with one attached hydrogen (secondary N) is 3. The van der Waals surface area contributed by atoms with E-state index in [9.17, 15) is 9.18 Å². The van der Waals surface area contributed by atoms with Crippen LogP contribution in [-0.4, -0.2) is 25.0 Å². The number of para-hydroxylation sites is 1. The first-order valence-corrected chi connectivity index (χ1v) is 12.0. The Hall–Kier alpha value is -4.84. The van der Waals surface area contributed by atoms with Crippen molar-refractivity contribution in [1.29, 1.82) is 0 Å². The van der Waals surface area contributed by atoms with Crippen LogP contribution in [0.15, 0.2) is 95.4 Å². The Morgan fingerprint density at radius 3 is 2.38 bits per heavy atom. The highest BCUT2D eigenvalue weighted by Gasteiger charge is 2.23. The second-order valence-electron chi connectivity index (χ2n) is 8.89. The van der Waals surface area contributed by atoms with E-state index in [4.69, 9.17) is 4.42 Å². The molecule has 2 aromatic heterocycles. The number of H-pyrrole nitrogens is 1. The number of furan rings is 1. The summed E-state index contributed by atoms with van der Waals surface area (Å²) >= 11 is 0. The predicted molar refractivity (Wildman–Crippen MR) is 147 cm³/mol. The van der Waals surface area contributed by atoms with E-state index >= 15 is 0 Å². The molecule has 0 aliphatic carbocycles. The van der Waals surface area contributed by atoms with Gasteiger partial charge in [0.2, 0.25) is 0 Å². The summed E-state index contributed by atoms with van der Waals surface area (Å²) in [6, 6.07) is 28.4. The maximum absolute atomic E-state index is 13.6. The number of rotatable bonds is 5. The van der Waals surface area contributed by atoms with Crippen molar-refractivity contribution in [3.05, 3.63) is 102 Å². The van der Waals surface area contributed by atoms with Crippen LogP contribution in [0.3, 0.4) is 0 Å². The van der Waals surface area contributed by atoms with Crippen molar-refractivity contribution in [2.24, 2.45) is 0 Å². The van der Waals surface area contributed by atoms with Crippen molar-refractivity contribution in [2.45, 2.75) is 0 Å². The summed E-state index contributed by atoms with van der Waals surface area (Å²) in [4.78, 5) is 16.5. The van der Waals surface area contributed by atoms with Crippen molar-refractivity contribution >= 4 is 33.5 Å². The molecule has 0 saturated carbocycles. The fourth-order valence-electron chi connectivity index (χ4n) is 4.83. The third-order valence-electron chi connectivity index (χ3n) is 6.67. The molecule has 37 heavy (non-hydrogen) atoms. The van der Waals surface area contributed by atoms with Crippen LogP contribution in [0.2, 0.25) is 0 Å². The standard InChI is InChI=1S/C31H24FN3O2/c1-33-27-17-28-24(29(31(36)34-2)30(37-28)18-10-12-22(32)13-11-18)16-23(27)19-7-5-8-20(14-19)26-15-21-6-3-4-9-25(21)35-26/h3-17,33,35H,1-2H3,(H,34,36). The smallest absolute Gasteiger partial charge is 0.255 e. The lowest BCUT2D eigenvalue weighted by molar-refractivity contribution is 0.0964. The van der Waals surface area contributed by atoms with Gasteiger partial charge in [-0.1, -0.05) is 36.4 Å². The third kappa shape index (κ3) is 3.93. The highest BCUT2D eigenvalue weighted by Crippen LogP contribution is 2.40. The minimum Gasteiger partial charge on any atom is -0.455 e. The average molecular weight is 490 g/mol. The summed E-state index contributed by atoms with van der Waals surface area (Å²) in [5.74, 6) is -0.218. The maximum atomic E-state index is 13.6. The monoisotopic (exact) mass is 489 g/mol. The molecule has 0 unspecified atom stereocenters. The maximum Gasteiger partial charge on any atom is 0.255 e. The van der Waals surface area contributed by atoms with Crippen LogP contribution in [-0.2, 0) is 0 Å².